The summed E-state index contributed by atoms with van der Waals surface area (Å²) in [4.78, 5) is 12.9. The Morgan fingerprint density at radius 3 is 2.04 bits per heavy atom. The fraction of sp³-hybridized carbons (Fsp3) is 0.174. The molecule has 0 saturated carbocycles. The third-order valence-corrected chi connectivity index (χ3v) is 5.29. The second-order valence-electron chi connectivity index (χ2n) is 6.39. The number of nitrogens with one attached hydrogen (secondary N) is 1. The number of benzene rings is 3. The van der Waals surface area contributed by atoms with Crippen LogP contribution in [0.25, 0.3) is 0 Å². The summed E-state index contributed by atoms with van der Waals surface area (Å²) in [5.74, 6) is -1.10. The van der Waals surface area contributed by atoms with E-state index in [1.807, 2.05) is 60.7 Å². The van der Waals surface area contributed by atoms with Crippen molar-refractivity contribution >= 4 is 29.2 Å². The lowest BCUT2D eigenvalue weighted by Crippen LogP contribution is -2.32. The number of rotatable bonds is 7. The Labute approximate surface area is 175 Å². The van der Waals surface area contributed by atoms with Gasteiger partial charge in [0.1, 0.15) is 5.92 Å². The summed E-state index contributed by atoms with van der Waals surface area (Å²) in [5.41, 5.74) is 2.62. The van der Waals surface area contributed by atoms with Gasteiger partial charge in [0, 0.05) is 28.2 Å². The van der Waals surface area contributed by atoms with Crippen LogP contribution in [-0.2, 0) is 16.1 Å². The molecule has 28 heavy (non-hydrogen) atoms. The Kier molecular flexibility index (Phi) is 7.10. The molecule has 0 aliphatic carbocycles. The van der Waals surface area contributed by atoms with Crippen molar-refractivity contribution in [3.05, 3.63) is 106 Å². The van der Waals surface area contributed by atoms with E-state index in [4.69, 9.17) is 27.9 Å². The Bertz CT molecular complexity index is 896. The Morgan fingerprint density at radius 2 is 1.46 bits per heavy atom. The second-order valence-corrected chi connectivity index (χ2v) is 7.21. The predicted octanol–water partition coefficient (Wildman–Crippen LogP) is 5.78. The lowest BCUT2D eigenvalue weighted by atomic mass is 9.86. The van der Waals surface area contributed by atoms with Gasteiger partial charge < -0.3 is 10.1 Å². The lowest BCUT2D eigenvalue weighted by molar-refractivity contribution is -0.143. The number of halogens is 2. The first-order valence-corrected chi connectivity index (χ1v) is 9.71. The van der Waals surface area contributed by atoms with Crippen molar-refractivity contribution in [2.24, 2.45) is 0 Å². The average Bonchev–Trinajstić information content (AvgIpc) is 2.73. The molecule has 0 heterocycles. The van der Waals surface area contributed by atoms with Gasteiger partial charge in [-0.25, -0.2) is 0 Å². The van der Waals surface area contributed by atoms with Crippen molar-refractivity contribution in [1.29, 1.82) is 0 Å². The van der Waals surface area contributed by atoms with Gasteiger partial charge in [0.05, 0.1) is 7.11 Å². The zero-order valence-corrected chi connectivity index (χ0v) is 17.0. The molecule has 144 valence electrons. The van der Waals surface area contributed by atoms with Gasteiger partial charge in [-0.3, -0.25) is 4.79 Å². The molecule has 0 unspecified atom stereocenters. The minimum Gasteiger partial charge on any atom is -0.468 e. The second kappa shape index (κ2) is 9.74. The maximum Gasteiger partial charge on any atom is 0.315 e. The molecule has 0 aliphatic rings. The van der Waals surface area contributed by atoms with Gasteiger partial charge in [-0.1, -0.05) is 89.9 Å². The van der Waals surface area contributed by atoms with Crippen molar-refractivity contribution < 1.29 is 9.53 Å². The number of carbonyl (C=O) groups excluding carboxylic acids is 1. The van der Waals surface area contributed by atoms with Crippen LogP contribution in [0.15, 0.2) is 78.9 Å². The molecule has 5 heteroatoms. The minimum absolute atomic E-state index is 0.369. The smallest absolute Gasteiger partial charge is 0.315 e. The van der Waals surface area contributed by atoms with E-state index in [-0.39, 0.29) is 6.04 Å². The Balaban J connectivity index is 2.05. The van der Waals surface area contributed by atoms with Gasteiger partial charge in [0.2, 0.25) is 0 Å². The monoisotopic (exact) mass is 413 g/mol. The molecule has 3 aromatic carbocycles. The van der Waals surface area contributed by atoms with Crippen LogP contribution in [0.2, 0.25) is 10.0 Å². The Morgan fingerprint density at radius 1 is 0.893 bits per heavy atom. The van der Waals surface area contributed by atoms with Crippen LogP contribution in [0.1, 0.15) is 28.7 Å². The van der Waals surface area contributed by atoms with Crippen LogP contribution in [0, 0.1) is 0 Å². The SMILES string of the molecule is COC(=O)[C@@H](c1c(Cl)cccc1Cl)[C@@H](NCc1ccccc1)c1ccccc1. The molecule has 3 aromatic rings. The fourth-order valence-electron chi connectivity index (χ4n) is 3.27. The summed E-state index contributed by atoms with van der Waals surface area (Å²) in [5, 5.41) is 4.37. The topological polar surface area (TPSA) is 38.3 Å². The van der Waals surface area contributed by atoms with Gasteiger partial charge in [-0.05, 0) is 23.3 Å². The van der Waals surface area contributed by atoms with Gasteiger partial charge in [0.15, 0.2) is 0 Å². The first kappa shape index (κ1) is 20.4. The molecule has 0 spiro atoms. The number of methoxy groups -OCH3 is 1. The molecule has 0 fully saturated rings. The maximum atomic E-state index is 12.9. The first-order valence-electron chi connectivity index (χ1n) is 8.95. The summed E-state index contributed by atoms with van der Waals surface area (Å²) in [7, 11) is 1.37. The molecular formula is C23H21Cl2NO2. The summed E-state index contributed by atoms with van der Waals surface area (Å²) in [6, 6.07) is 24.6. The van der Waals surface area contributed by atoms with Crippen molar-refractivity contribution in [1.82, 2.24) is 5.32 Å². The van der Waals surface area contributed by atoms with Crippen LogP contribution in [-0.4, -0.2) is 13.1 Å². The highest BCUT2D eigenvalue weighted by Crippen LogP contribution is 2.40. The number of esters is 1. The normalized spacial score (nSPS) is 13.0. The molecular weight excluding hydrogens is 393 g/mol. The average molecular weight is 414 g/mol. The first-order chi connectivity index (χ1) is 13.6. The number of hydrogen-bond acceptors (Lipinski definition) is 3. The summed E-state index contributed by atoms with van der Waals surface area (Å²) < 4.78 is 5.14. The molecule has 0 radical (unpaired) electrons. The van der Waals surface area contributed by atoms with Gasteiger partial charge >= 0.3 is 5.97 Å². The molecule has 0 aromatic heterocycles. The standard InChI is InChI=1S/C23H21Cl2NO2/c1-28-23(27)21(20-18(24)13-8-14-19(20)25)22(17-11-6-3-7-12-17)26-15-16-9-4-2-5-10-16/h2-14,21-22,26H,15H2,1H3/t21-,22-/m0/s1. The quantitative estimate of drug-likeness (QED) is 0.498. The molecule has 2 atom stereocenters. The van der Waals surface area contributed by atoms with E-state index in [0.717, 1.165) is 11.1 Å². The van der Waals surface area contributed by atoms with Crippen LogP contribution < -0.4 is 5.32 Å². The molecule has 1 N–H and O–H groups in total. The van der Waals surface area contributed by atoms with E-state index >= 15 is 0 Å². The van der Waals surface area contributed by atoms with E-state index in [1.54, 1.807) is 18.2 Å². The largest absolute Gasteiger partial charge is 0.468 e. The van der Waals surface area contributed by atoms with Crippen molar-refractivity contribution in [3.63, 3.8) is 0 Å². The van der Waals surface area contributed by atoms with Crippen LogP contribution in [0.3, 0.4) is 0 Å². The Hall–Kier alpha value is -2.33. The summed E-state index contributed by atoms with van der Waals surface area (Å²) in [6.45, 7) is 0.579. The fourth-order valence-corrected chi connectivity index (χ4v) is 3.90. The summed E-state index contributed by atoms with van der Waals surface area (Å²) in [6.07, 6.45) is 0. The predicted molar refractivity (Wildman–Crippen MR) is 114 cm³/mol. The van der Waals surface area contributed by atoms with E-state index in [9.17, 15) is 4.79 Å². The summed E-state index contributed by atoms with van der Waals surface area (Å²) >= 11 is 12.9. The molecule has 0 saturated heterocycles. The third kappa shape index (κ3) is 4.74. The number of hydrogen-bond donors (Lipinski definition) is 1. The van der Waals surface area contributed by atoms with Crippen LogP contribution in [0.5, 0.6) is 0 Å². The lowest BCUT2D eigenvalue weighted by Gasteiger charge is -2.28. The molecule has 0 amide bonds. The minimum atomic E-state index is -0.697. The number of ether oxygens (including phenoxy) is 1. The zero-order valence-electron chi connectivity index (χ0n) is 15.4. The zero-order chi connectivity index (χ0) is 19.9. The van der Waals surface area contributed by atoms with Crippen molar-refractivity contribution in [2.45, 2.75) is 18.5 Å². The van der Waals surface area contributed by atoms with Gasteiger partial charge in [0.25, 0.3) is 0 Å². The van der Waals surface area contributed by atoms with Gasteiger partial charge in [-0.15, -0.1) is 0 Å². The van der Waals surface area contributed by atoms with Crippen LogP contribution in [0.4, 0.5) is 0 Å². The highest BCUT2D eigenvalue weighted by Gasteiger charge is 2.35. The van der Waals surface area contributed by atoms with E-state index in [2.05, 4.69) is 5.32 Å². The van der Waals surface area contributed by atoms with E-state index in [0.29, 0.717) is 22.2 Å². The van der Waals surface area contributed by atoms with Crippen molar-refractivity contribution in [3.8, 4) is 0 Å². The van der Waals surface area contributed by atoms with E-state index in [1.165, 1.54) is 7.11 Å². The molecule has 3 nitrogen and oxygen atoms in total. The highest BCUT2D eigenvalue weighted by molar-refractivity contribution is 6.36. The van der Waals surface area contributed by atoms with Gasteiger partial charge in [-0.2, -0.15) is 0 Å². The molecule has 0 aliphatic heterocycles. The number of carbonyl (C=O) groups is 1. The third-order valence-electron chi connectivity index (χ3n) is 4.63. The van der Waals surface area contributed by atoms with Crippen molar-refractivity contribution in [2.75, 3.05) is 7.11 Å². The van der Waals surface area contributed by atoms with Crippen LogP contribution >= 0.6 is 23.2 Å². The molecule has 3 rings (SSSR count). The molecule has 0 bridgehead atoms. The van der Waals surface area contributed by atoms with E-state index < -0.39 is 11.9 Å². The maximum absolute atomic E-state index is 12.9. The highest BCUT2D eigenvalue weighted by atomic mass is 35.5.